The Morgan fingerprint density at radius 3 is 2.69 bits per heavy atom. The van der Waals surface area contributed by atoms with Gasteiger partial charge in [-0.15, -0.1) is 0 Å². The number of amides is 1. The van der Waals surface area contributed by atoms with Gasteiger partial charge < -0.3 is 9.64 Å². The van der Waals surface area contributed by atoms with E-state index in [1.165, 1.54) is 0 Å². The van der Waals surface area contributed by atoms with Crippen LogP contribution in [0.1, 0.15) is 32.1 Å². The molecule has 0 bridgehead atoms. The summed E-state index contributed by atoms with van der Waals surface area (Å²) in [5, 5.41) is 8.77. The van der Waals surface area contributed by atoms with Crippen LogP contribution in [0.2, 0.25) is 0 Å². The monoisotopic (exact) mass is 222 g/mol. The van der Waals surface area contributed by atoms with E-state index in [-0.39, 0.29) is 17.9 Å². The van der Waals surface area contributed by atoms with Crippen molar-refractivity contribution in [2.24, 2.45) is 5.92 Å². The minimum absolute atomic E-state index is 0.140. The Morgan fingerprint density at radius 2 is 2.12 bits per heavy atom. The molecule has 0 aromatic heterocycles. The van der Waals surface area contributed by atoms with Crippen LogP contribution in [0.5, 0.6) is 0 Å². The zero-order valence-electron chi connectivity index (χ0n) is 9.52. The van der Waals surface area contributed by atoms with E-state index < -0.39 is 0 Å². The number of hydrogen-bond acceptors (Lipinski definition) is 3. The number of carbonyl (C=O) groups is 1. The van der Waals surface area contributed by atoms with Gasteiger partial charge in [-0.1, -0.05) is 0 Å². The van der Waals surface area contributed by atoms with E-state index in [9.17, 15) is 4.79 Å². The normalized spacial score (nSPS) is 26.7. The summed E-state index contributed by atoms with van der Waals surface area (Å²) >= 11 is 0. The van der Waals surface area contributed by atoms with E-state index in [1.54, 1.807) is 0 Å². The van der Waals surface area contributed by atoms with Gasteiger partial charge in [0, 0.05) is 25.6 Å². The maximum Gasteiger partial charge on any atom is 0.225 e. The van der Waals surface area contributed by atoms with Gasteiger partial charge in [0.25, 0.3) is 0 Å². The average molecular weight is 222 g/mol. The fourth-order valence-corrected chi connectivity index (χ4v) is 2.39. The maximum absolute atomic E-state index is 11.9. The van der Waals surface area contributed by atoms with Crippen molar-refractivity contribution >= 4 is 5.91 Å². The molecule has 0 spiro atoms. The molecule has 16 heavy (non-hydrogen) atoms. The third-order valence-corrected chi connectivity index (χ3v) is 3.46. The van der Waals surface area contributed by atoms with Crippen LogP contribution in [0, 0.1) is 17.2 Å². The van der Waals surface area contributed by atoms with E-state index in [0.29, 0.717) is 6.42 Å². The minimum atomic E-state index is 0.140. The number of nitriles is 1. The molecule has 1 amide bonds. The van der Waals surface area contributed by atoms with Gasteiger partial charge in [-0.2, -0.15) is 5.26 Å². The van der Waals surface area contributed by atoms with Gasteiger partial charge in [-0.3, -0.25) is 4.79 Å². The minimum Gasteiger partial charge on any atom is -0.378 e. The molecule has 1 atom stereocenters. The summed E-state index contributed by atoms with van der Waals surface area (Å²) in [4.78, 5) is 13.8. The van der Waals surface area contributed by atoms with Gasteiger partial charge in [-0.05, 0) is 25.7 Å². The SMILES string of the molecule is N#CC1CCN(C(=O)C[C@@H]2CCCO2)CC1. The second-order valence-corrected chi connectivity index (χ2v) is 4.62. The number of ether oxygens (including phenoxy) is 1. The fraction of sp³-hybridized carbons (Fsp3) is 0.833. The summed E-state index contributed by atoms with van der Waals surface area (Å²) in [7, 11) is 0. The Balaban J connectivity index is 1.75. The molecule has 88 valence electrons. The number of likely N-dealkylation sites (tertiary alicyclic amines) is 1. The van der Waals surface area contributed by atoms with E-state index in [2.05, 4.69) is 6.07 Å². The number of piperidine rings is 1. The lowest BCUT2D eigenvalue weighted by atomic mass is 9.98. The van der Waals surface area contributed by atoms with Gasteiger partial charge in [0.2, 0.25) is 5.91 Å². The van der Waals surface area contributed by atoms with Crippen molar-refractivity contribution in [2.75, 3.05) is 19.7 Å². The second-order valence-electron chi connectivity index (χ2n) is 4.62. The Morgan fingerprint density at radius 1 is 1.38 bits per heavy atom. The van der Waals surface area contributed by atoms with Gasteiger partial charge in [0.05, 0.1) is 18.6 Å². The zero-order valence-corrected chi connectivity index (χ0v) is 9.52. The molecule has 0 N–H and O–H groups in total. The molecule has 4 heteroatoms. The van der Waals surface area contributed by atoms with Gasteiger partial charge in [0.1, 0.15) is 0 Å². The van der Waals surface area contributed by atoms with Crippen molar-refractivity contribution in [1.29, 1.82) is 5.26 Å². The molecule has 0 aromatic rings. The Bertz CT molecular complexity index is 284. The van der Waals surface area contributed by atoms with Crippen LogP contribution >= 0.6 is 0 Å². The quantitative estimate of drug-likeness (QED) is 0.708. The van der Waals surface area contributed by atoms with E-state index in [0.717, 1.165) is 45.4 Å². The Labute approximate surface area is 96.2 Å². The van der Waals surface area contributed by atoms with Crippen LogP contribution < -0.4 is 0 Å². The topological polar surface area (TPSA) is 53.3 Å². The predicted octanol–water partition coefficient (Wildman–Crippen LogP) is 1.32. The van der Waals surface area contributed by atoms with Crippen molar-refractivity contribution in [3.63, 3.8) is 0 Å². The number of nitrogens with zero attached hydrogens (tertiary/aromatic N) is 2. The standard InChI is InChI=1S/C12H18N2O2/c13-9-10-3-5-14(6-4-10)12(15)8-11-2-1-7-16-11/h10-11H,1-8H2/t11-/m0/s1. The van der Waals surface area contributed by atoms with Gasteiger partial charge in [0.15, 0.2) is 0 Å². The number of rotatable bonds is 2. The highest BCUT2D eigenvalue weighted by molar-refractivity contribution is 5.76. The second kappa shape index (κ2) is 5.31. The first kappa shape index (κ1) is 11.4. The molecule has 4 nitrogen and oxygen atoms in total. The molecule has 2 saturated heterocycles. The van der Waals surface area contributed by atoms with Crippen LogP contribution in [-0.2, 0) is 9.53 Å². The smallest absolute Gasteiger partial charge is 0.225 e. The lowest BCUT2D eigenvalue weighted by Crippen LogP contribution is -2.39. The highest BCUT2D eigenvalue weighted by Gasteiger charge is 2.26. The van der Waals surface area contributed by atoms with E-state index >= 15 is 0 Å². The number of hydrogen-bond donors (Lipinski definition) is 0. The fourth-order valence-electron chi connectivity index (χ4n) is 2.39. The number of carbonyl (C=O) groups excluding carboxylic acids is 1. The lowest BCUT2D eigenvalue weighted by molar-refractivity contribution is -0.134. The molecule has 2 fully saturated rings. The Kier molecular flexibility index (Phi) is 3.79. The van der Waals surface area contributed by atoms with Crippen molar-refractivity contribution in [3.05, 3.63) is 0 Å². The van der Waals surface area contributed by atoms with Gasteiger partial charge >= 0.3 is 0 Å². The molecule has 2 rings (SSSR count). The first-order valence-corrected chi connectivity index (χ1v) is 6.08. The van der Waals surface area contributed by atoms with Crippen LogP contribution in [-0.4, -0.2) is 36.6 Å². The van der Waals surface area contributed by atoms with Crippen LogP contribution in [0.25, 0.3) is 0 Å². The summed E-state index contributed by atoms with van der Waals surface area (Å²) in [6.07, 6.45) is 4.41. The van der Waals surface area contributed by atoms with Gasteiger partial charge in [-0.25, -0.2) is 0 Å². The molecular formula is C12H18N2O2. The van der Waals surface area contributed by atoms with Crippen LogP contribution in [0.15, 0.2) is 0 Å². The summed E-state index contributed by atoms with van der Waals surface area (Å²) in [5.74, 6) is 0.343. The molecule has 0 unspecified atom stereocenters. The van der Waals surface area contributed by atoms with E-state index in [4.69, 9.17) is 10.00 Å². The molecule has 0 aromatic carbocycles. The first-order chi connectivity index (χ1) is 7.79. The molecule has 0 aliphatic carbocycles. The molecule has 2 heterocycles. The van der Waals surface area contributed by atoms with E-state index in [1.807, 2.05) is 4.90 Å². The van der Waals surface area contributed by atoms with Crippen LogP contribution in [0.4, 0.5) is 0 Å². The van der Waals surface area contributed by atoms with Crippen molar-refractivity contribution in [3.8, 4) is 6.07 Å². The largest absolute Gasteiger partial charge is 0.378 e. The predicted molar refractivity (Wildman–Crippen MR) is 58.5 cm³/mol. The third kappa shape index (κ3) is 2.73. The van der Waals surface area contributed by atoms with Crippen molar-refractivity contribution < 1.29 is 9.53 Å². The molecule has 2 aliphatic rings. The summed E-state index contributed by atoms with van der Waals surface area (Å²) in [6.45, 7) is 2.28. The van der Waals surface area contributed by atoms with Crippen molar-refractivity contribution in [1.82, 2.24) is 4.90 Å². The third-order valence-electron chi connectivity index (χ3n) is 3.46. The highest BCUT2D eigenvalue weighted by atomic mass is 16.5. The molecule has 2 aliphatic heterocycles. The Hall–Kier alpha value is -1.08. The maximum atomic E-state index is 11.9. The van der Waals surface area contributed by atoms with Crippen molar-refractivity contribution in [2.45, 2.75) is 38.2 Å². The summed E-state index contributed by atoms with van der Waals surface area (Å²) < 4.78 is 5.46. The molecular weight excluding hydrogens is 204 g/mol. The molecule has 0 radical (unpaired) electrons. The molecule has 0 saturated carbocycles. The lowest BCUT2D eigenvalue weighted by Gasteiger charge is -2.29. The summed E-state index contributed by atoms with van der Waals surface area (Å²) in [5.41, 5.74) is 0. The highest BCUT2D eigenvalue weighted by Crippen LogP contribution is 2.20. The average Bonchev–Trinajstić information content (AvgIpc) is 2.82. The first-order valence-electron chi connectivity index (χ1n) is 6.08. The van der Waals surface area contributed by atoms with Crippen LogP contribution in [0.3, 0.4) is 0 Å². The summed E-state index contributed by atoms with van der Waals surface area (Å²) in [6, 6.07) is 2.27. The zero-order chi connectivity index (χ0) is 11.4.